The van der Waals surface area contributed by atoms with Crippen molar-refractivity contribution in [3.63, 3.8) is 0 Å². The van der Waals surface area contributed by atoms with Gasteiger partial charge in [0.1, 0.15) is 24.1 Å². The van der Waals surface area contributed by atoms with Crippen LogP contribution in [0.25, 0.3) is 0 Å². The van der Waals surface area contributed by atoms with Crippen molar-refractivity contribution in [2.75, 3.05) is 25.5 Å². The van der Waals surface area contributed by atoms with Gasteiger partial charge in [-0.15, -0.1) is 0 Å². The Morgan fingerprint density at radius 3 is 2.57 bits per heavy atom. The standard InChI is InChI=1S/C11H13F3N4O3/c1-3-17(6-11(12,13)14)10(19)7-4-9(15-2)16-5-8(7)18(20)21/h4-5H,3,6H2,1-2H3,(H,15,16). The highest BCUT2D eigenvalue weighted by atomic mass is 19.4. The van der Waals surface area contributed by atoms with Gasteiger partial charge in [0.2, 0.25) is 0 Å². The molecule has 1 rings (SSSR count). The number of rotatable bonds is 5. The lowest BCUT2D eigenvalue weighted by atomic mass is 10.2. The summed E-state index contributed by atoms with van der Waals surface area (Å²) in [7, 11) is 1.47. The predicted octanol–water partition coefficient (Wildman–Crippen LogP) is 2.06. The number of aromatic nitrogens is 1. The number of hydrogen-bond acceptors (Lipinski definition) is 5. The van der Waals surface area contributed by atoms with Crippen LogP contribution in [0.2, 0.25) is 0 Å². The number of carbonyl (C=O) groups excluding carboxylic acids is 1. The molecule has 1 aromatic heterocycles. The lowest BCUT2D eigenvalue weighted by Gasteiger charge is -2.22. The van der Waals surface area contributed by atoms with E-state index in [1.807, 2.05) is 0 Å². The van der Waals surface area contributed by atoms with Crippen molar-refractivity contribution in [3.05, 3.63) is 27.9 Å². The fourth-order valence-electron chi connectivity index (χ4n) is 1.62. The Kier molecular flexibility index (Phi) is 5.06. The SMILES string of the molecule is CCN(CC(F)(F)F)C(=O)c1cc(NC)ncc1[N+](=O)[O-]. The highest BCUT2D eigenvalue weighted by Crippen LogP contribution is 2.24. The van der Waals surface area contributed by atoms with Crippen molar-refractivity contribution in [1.82, 2.24) is 9.88 Å². The van der Waals surface area contributed by atoms with Gasteiger partial charge in [-0.2, -0.15) is 13.2 Å². The summed E-state index contributed by atoms with van der Waals surface area (Å²) >= 11 is 0. The van der Waals surface area contributed by atoms with E-state index in [4.69, 9.17) is 0 Å². The number of pyridine rings is 1. The normalized spacial score (nSPS) is 11.1. The van der Waals surface area contributed by atoms with Crippen LogP contribution in [0.15, 0.2) is 12.3 Å². The minimum atomic E-state index is -4.58. The van der Waals surface area contributed by atoms with Crippen molar-refractivity contribution >= 4 is 17.4 Å². The van der Waals surface area contributed by atoms with Crippen LogP contribution in [0.5, 0.6) is 0 Å². The lowest BCUT2D eigenvalue weighted by Crippen LogP contribution is -2.39. The molecule has 0 saturated heterocycles. The molecule has 1 amide bonds. The molecule has 1 heterocycles. The zero-order valence-electron chi connectivity index (χ0n) is 11.3. The summed E-state index contributed by atoms with van der Waals surface area (Å²) < 4.78 is 37.3. The lowest BCUT2D eigenvalue weighted by molar-refractivity contribution is -0.385. The summed E-state index contributed by atoms with van der Waals surface area (Å²) in [6, 6.07) is 1.06. The second kappa shape index (κ2) is 6.37. The number of hydrogen-bond donors (Lipinski definition) is 1. The van der Waals surface area contributed by atoms with Crippen LogP contribution < -0.4 is 5.32 Å². The first kappa shape index (κ1) is 16.7. The predicted molar refractivity (Wildman–Crippen MR) is 68.1 cm³/mol. The number of amides is 1. The number of nitro groups is 1. The smallest absolute Gasteiger partial charge is 0.373 e. The van der Waals surface area contributed by atoms with E-state index in [1.165, 1.54) is 14.0 Å². The van der Waals surface area contributed by atoms with E-state index in [0.717, 1.165) is 12.3 Å². The molecule has 0 radical (unpaired) electrons. The molecule has 10 heteroatoms. The average molecular weight is 306 g/mol. The van der Waals surface area contributed by atoms with Gasteiger partial charge in [-0.3, -0.25) is 14.9 Å². The van der Waals surface area contributed by atoms with Gasteiger partial charge in [0.25, 0.3) is 11.6 Å². The monoisotopic (exact) mass is 306 g/mol. The number of alkyl halides is 3. The van der Waals surface area contributed by atoms with Crippen molar-refractivity contribution in [2.24, 2.45) is 0 Å². The second-order valence-corrected chi connectivity index (χ2v) is 4.03. The van der Waals surface area contributed by atoms with E-state index >= 15 is 0 Å². The molecule has 116 valence electrons. The Morgan fingerprint density at radius 2 is 2.14 bits per heavy atom. The molecular formula is C11H13F3N4O3. The largest absolute Gasteiger partial charge is 0.406 e. The van der Waals surface area contributed by atoms with Gasteiger partial charge in [0, 0.05) is 19.7 Å². The van der Waals surface area contributed by atoms with Crippen molar-refractivity contribution in [3.8, 4) is 0 Å². The Morgan fingerprint density at radius 1 is 1.52 bits per heavy atom. The minimum absolute atomic E-state index is 0.145. The van der Waals surface area contributed by atoms with Crippen LogP contribution in [0, 0.1) is 10.1 Å². The summed E-state index contributed by atoms with van der Waals surface area (Å²) in [5.41, 5.74) is -1.08. The number of halogens is 3. The number of nitrogens with one attached hydrogen (secondary N) is 1. The summed E-state index contributed by atoms with van der Waals surface area (Å²) in [5, 5.41) is 13.4. The van der Waals surface area contributed by atoms with E-state index < -0.39 is 34.8 Å². The number of nitrogens with zero attached hydrogens (tertiary/aromatic N) is 3. The molecule has 1 aromatic rings. The van der Waals surface area contributed by atoms with Crippen molar-refractivity contribution < 1.29 is 22.9 Å². The molecule has 7 nitrogen and oxygen atoms in total. The minimum Gasteiger partial charge on any atom is -0.373 e. The number of anilines is 1. The summed E-state index contributed by atoms with van der Waals surface area (Å²) in [6.45, 7) is -0.348. The fraction of sp³-hybridized carbons (Fsp3) is 0.455. The summed E-state index contributed by atoms with van der Waals surface area (Å²) in [5.74, 6) is -0.924. The van der Waals surface area contributed by atoms with Gasteiger partial charge in [-0.25, -0.2) is 4.98 Å². The molecule has 0 saturated carbocycles. The molecule has 1 N–H and O–H groups in total. The first-order chi connectivity index (χ1) is 9.69. The van der Waals surface area contributed by atoms with Crippen molar-refractivity contribution in [1.29, 1.82) is 0 Å². The first-order valence-electron chi connectivity index (χ1n) is 5.87. The molecule has 0 atom stereocenters. The molecule has 0 aromatic carbocycles. The van der Waals surface area contributed by atoms with E-state index in [9.17, 15) is 28.1 Å². The summed E-state index contributed by atoms with van der Waals surface area (Å²) in [6.07, 6.45) is -3.75. The van der Waals surface area contributed by atoms with Gasteiger partial charge in [0.15, 0.2) is 0 Å². The molecule has 0 spiro atoms. The first-order valence-corrected chi connectivity index (χ1v) is 5.87. The van der Waals surface area contributed by atoms with Crippen LogP contribution in [0.3, 0.4) is 0 Å². The van der Waals surface area contributed by atoms with E-state index in [2.05, 4.69) is 10.3 Å². The molecular weight excluding hydrogens is 293 g/mol. The zero-order valence-corrected chi connectivity index (χ0v) is 11.3. The van der Waals surface area contributed by atoms with E-state index in [0.29, 0.717) is 4.90 Å². The zero-order chi connectivity index (χ0) is 16.2. The highest BCUT2D eigenvalue weighted by Gasteiger charge is 2.34. The van der Waals surface area contributed by atoms with E-state index in [1.54, 1.807) is 0 Å². The van der Waals surface area contributed by atoms with Gasteiger partial charge in [0.05, 0.1) is 4.92 Å². The molecule has 0 bridgehead atoms. The third-order valence-electron chi connectivity index (χ3n) is 2.61. The molecule has 0 aliphatic carbocycles. The third-order valence-corrected chi connectivity index (χ3v) is 2.61. The van der Waals surface area contributed by atoms with Crippen molar-refractivity contribution in [2.45, 2.75) is 13.1 Å². The van der Waals surface area contributed by atoms with Gasteiger partial charge in [-0.1, -0.05) is 0 Å². The second-order valence-electron chi connectivity index (χ2n) is 4.03. The number of carbonyl (C=O) groups is 1. The highest BCUT2D eigenvalue weighted by molar-refractivity contribution is 5.98. The quantitative estimate of drug-likeness (QED) is 0.664. The molecule has 0 aliphatic heterocycles. The average Bonchev–Trinajstić information content (AvgIpc) is 2.42. The maximum Gasteiger partial charge on any atom is 0.406 e. The molecule has 0 fully saturated rings. The van der Waals surface area contributed by atoms with Crippen LogP contribution in [0.1, 0.15) is 17.3 Å². The Labute approximate surface area is 117 Å². The van der Waals surface area contributed by atoms with E-state index in [-0.39, 0.29) is 12.4 Å². The van der Waals surface area contributed by atoms with Crippen LogP contribution in [-0.4, -0.2) is 47.0 Å². The fourth-order valence-corrected chi connectivity index (χ4v) is 1.62. The van der Waals surface area contributed by atoms with Gasteiger partial charge in [-0.05, 0) is 6.92 Å². The molecule has 21 heavy (non-hydrogen) atoms. The maximum atomic E-state index is 12.4. The Bertz CT molecular complexity index is 548. The van der Waals surface area contributed by atoms with Crippen LogP contribution in [-0.2, 0) is 0 Å². The van der Waals surface area contributed by atoms with Gasteiger partial charge < -0.3 is 10.2 Å². The molecule has 0 unspecified atom stereocenters. The van der Waals surface area contributed by atoms with Crippen LogP contribution in [0.4, 0.5) is 24.7 Å². The molecule has 0 aliphatic rings. The maximum absolute atomic E-state index is 12.4. The summed E-state index contributed by atoms with van der Waals surface area (Å²) in [4.78, 5) is 26.3. The van der Waals surface area contributed by atoms with Crippen LogP contribution >= 0.6 is 0 Å². The Hall–Kier alpha value is -2.39. The topological polar surface area (TPSA) is 88.4 Å². The van der Waals surface area contributed by atoms with Gasteiger partial charge >= 0.3 is 6.18 Å². The third kappa shape index (κ3) is 4.29. The Balaban J connectivity index is 3.22.